The maximum atomic E-state index is 14.9. The van der Waals surface area contributed by atoms with Crippen molar-refractivity contribution in [3.8, 4) is 5.69 Å². The molecule has 1 aliphatic rings. The summed E-state index contributed by atoms with van der Waals surface area (Å²) in [4.78, 5) is 4.03. The maximum absolute atomic E-state index is 14.9. The van der Waals surface area contributed by atoms with Gasteiger partial charge in [-0.05, 0) is 40.7 Å². The highest BCUT2D eigenvalue weighted by atomic mass is 19.1. The van der Waals surface area contributed by atoms with E-state index in [2.05, 4.69) is 10.1 Å². The van der Waals surface area contributed by atoms with Crippen LogP contribution in [-0.4, -0.2) is 33.1 Å². The highest BCUT2D eigenvalue weighted by Crippen LogP contribution is 2.36. The van der Waals surface area contributed by atoms with Gasteiger partial charge in [0.05, 0.1) is 11.2 Å². The number of aromatic nitrogens is 3. The van der Waals surface area contributed by atoms with Gasteiger partial charge in [-0.2, -0.15) is 5.10 Å². The van der Waals surface area contributed by atoms with E-state index in [0.717, 1.165) is 0 Å². The lowest BCUT2D eigenvalue weighted by Crippen LogP contribution is -2.41. The number of halogens is 1. The summed E-state index contributed by atoms with van der Waals surface area (Å²) in [7, 11) is -0.741. The van der Waals surface area contributed by atoms with Crippen molar-refractivity contribution >= 4 is 12.6 Å². The van der Waals surface area contributed by atoms with Crippen LogP contribution >= 0.6 is 0 Å². The summed E-state index contributed by atoms with van der Waals surface area (Å²) >= 11 is 0. The summed E-state index contributed by atoms with van der Waals surface area (Å²) < 4.78 is 28.1. The molecule has 1 aromatic heterocycles. The molecule has 0 saturated carbocycles. The van der Waals surface area contributed by atoms with Gasteiger partial charge >= 0.3 is 7.12 Å². The van der Waals surface area contributed by atoms with E-state index in [1.165, 1.54) is 11.0 Å². The predicted molar refractivity (Wildman–Crippen MR) is 81.8 cm³/mol. The predicted octanol–water partition coefficient (Wildman–Crippen LogP) is 2.01. The summed E-state index contributed by atoms with van der Waals surface area (Å²) in [6.07, 6.45) is 1.49. The minimum absolute atomic E-state index is 0.327. The Bertz CT molecular complexity index is 699. The molecule has 1 fully saturated rings. The molecule has 5 nitrogen and oxygen atoms in total. The lowest BCUT2D eigenvalue weighted by atomic mass is 9.78. The molecule has 3 rings (SSSR count). The minimum atomic E-state index is -0.741. The molecule has 0 spiro atoms. The number of hydrogen-bond acceptors (Lipinski definition) is 4. The molecule has 1 saturated heterocycles. The second-order valence-corrected chi connectivity index (χ2v) is 6.50. The van der Waals surface area contributed by atoms with E-state index < -0.39 is 24.1 Å². The second-order valence-electron chi connectivity index (χ2n) is 6.50. The molecule has 0 bridgehead atoms. The van der Waals surface area contributed by atoms with Crippen LogP contribution in [0.3, 0.4) is 0 Å². The monoisotopic (exact) mass is 303 g/mol. The third kappa shape index (κ3) is 2.34. The summed E-state index contributed by atoms with van der Waals surface area (Å²) in [5.41, 5.74) is -0.328. The molecule has 0 radical (unpaired) electrons. The Morgan fingerprint density at radius 1 is 1.14 bits per heavy atom. The first-order valence-electron chi connectivity index (χ1n) is 7.24. The molecule has 0 unspecified atom stereocenters. The smallest absolute Gasteiger partial charge is 0.399 e. The van der Waals surface area contributed by atoms with Gasteiger partial charge in [-0.15, -0.1) is 0 Å². The summed E-state index contributed by atoms with van der Waals surface area (Å²) in [6.45, 7) is 9.52. The van der Waals surface area contributed by atoms with Gasteiger partial charge in [-0.25, -0.2) is 14.1 Å². The Morgan fingerprint density at radius 2 is 1.77 bits per heavy atom. The molecule has 7 heteroatoms. The molecule has 1 aliphatic heterocycles. The number of rotatable bonds is 2. The van der Waals surface area contributed by atoms with Gasteiger partial charge in [0.25, 0.3) is 0 Å². The van der Waals surface area contributed by atoms with Crippen molar-refractivity contribution in [2.45, 2.75) is 45.8 Å². The zero-order valence-electron chi connectivity index (χ0n) is 13.4. The molecule has 0 N–H and O–H groups in total. The van der Waals surface area contributed by atoms with Crippen LogP contribution in [0, 0.1) is 12.7 Å². The van der Waals surface area contributed by atoms with Gasteiger partial charge in [0, 0.05) is 5.46 Å². The van der Waals surface area contributed by atoms with E-state index in [9.17, 15) is 4.39 Å². The normalized spacial score (nSPS) is 19.6. The van der Waals surface area contributed by atoms with E-state index in [-0.39, 0.29) is 0 Å². The van der Waals surface area contributed by atoms with Crippen LogP contribution < -0.4 is 5.46 Å². The number of hydrogen-bond donors (Lipinski definition) is 0. The van der Waals surface area contributed by atoms with Gasteiger partial charge in [0.15, 0.2) is 0 Å². The maximum Gasteiger partial charge on any atom is 0.497 e. The molecule has 1 aromatic carbocycles. The zero-order valence-corrected chi connectivity index (χ0v) is 13.4. The van der Waals surface area contributed by atoms with Gasteiger partial charge in [0.1, 0.15) is 23.7 Å². The Morgan fingerprint density at radius 3 is 2.32 bits per heavy atom. The molecule has 22 heavy (non-hydrogen) atoms. The SMILES string of the molecule is Cc1ncn(-c2cccc(B3OC(C)(C)C(C)(C)O3)c2F)n1. The Kier molecular flexibility index (Phi) is 3.38. The average molecular weight is 303 g/mol. The largest absolute Gasteiger partial charge is 0.497 e. The van der Waals surface area contributed by atoms with E-state index in [1.54, 1.807) is 25.1 Å². The van der Waals surface area contributed by atoms with Gasteiger partial charge < -0.3 is 9.31 Å². The lowest BCUT2D eigenvalue weighted by Gasteiger charge is -2.32. The molecular weight excluding hydrogens is 284 g/mol. The van der Waals surface area contributed by atoms with Crippen LogP contribution in [0.4, 0.5) is 4.39 Å². The molecule has 0 aliphatic carbocycles. The summed E-state index contributed by atoms with van der Waals surface area (Å²) in [5, 5.41) is 4.15. The van der Waals surface area contributed by atoms with E-state index >= 15 is 0 Å². The van der Waals surface area contributed by atoms with Crippen molar-refractivity contribution in [2.75, 3.05) is 0 Å². The first kappa shape index (κ1) is 15.2. The van der Waals surface area contributed by atoms with Crippen molar-refractivity contribution < 1.29 is 13.7 Å². The van der Waals surface area contributed by atoms with Gasteiger partial charge in [0.2, 0.25) is 0 Å². The van der Waals surface area contributed by atoms with Crippen molar-refractivity contribution in [3.05, 3.63) is 36.2 Å². The number of aryl methyl sites for hydroxylation is 1. The standard InChI is InChI=1S/C15H19BFN3O2/c1-10-18-9-20(19-10)12-8-6-7-11(13(12)17)16-21-14(2,3)15(4,5)22-16/h6-9H,1-5H3. The summed E-state index contributed by atoms with van der Waals surface area (Å²) in [5.74, 6) is 0.173. The summed E-state index contributed by atoms with van der Waals surface area (Å²) in [6, 6.07) is 5.08. The van der Waals surface area contributed by atoms with Crippen LogP contribution in [0.5, 0.6) is 0 Å². The lowest BCUT2D eigenvalue weighted by molar-refractivity contribution is 0.00578. The molecule has 2 heterocycles. The number of benzene rings is 1. The van der Waals surface area contributed by atoms with Crippen molar-refractivity contribution in [2.24, 2.45) is 0 Å². The Hall–Kier alpha value is -1.73. The number of nitrogens with zero attached hydrogens (tertiary/aromatic N) is 3. The van der Waals surface area contributed by atoms with Crippen molar-refractivity contribution in [1.82, 2.24) is 14.8 Å². The molecular formula is C15H19BFN3O2. The Labute approximate surface area is 129 Å². The van der Waals surface area contributed by atoms with E-state index in [4.69, 9.17) is 9.31 Å². The minimum Gasteiger partial charge on any atom is -0.399 e. The third-order valence-corrected chi connectivity index (χ3v) is 4.37. The third-order valence-electron chi connectivity index (χ3n) is 4.37. The van der Waals surface area contributed by atoms with Crippen molar-refractivity contribution in [3.63, 3.8) is 0 Å². The average Bonchev–Trinajstić information content (AvgIpc) is 2.92. The Balaban J connectivity index is 2.00. The quantitative estimate of drug-likeness (QED) is 0.796. The van der Waals surface area contributed by atoms with Gasteiger partial charge in [-0.3, -0.25) is 0 Å². The van der Waals surface area contributed by atoms with Crippen molar-refractivity contribution in [1.29, 1.82) is 0 Å². The fourth-order valence-electron chi connectivity index (χ4n) is 2.33. The van der Waals surface area contributed by atoms with Crippen LogP contribution in [0.25, 0.3) is 5.69 Å². The molecule has 0 amide bonds. The van der Waals surface area contributed by atoms with Crippen LogP contribution in [0.2, 0.25) is 0 Å². The second kappa shape index (κ2) is 4.89. The van der Waals surface area contributed by atoms with Crippen LogP contribution in [0.1, 0.15) is 33.5 Å². The highest BCUT2D eigenvalue weighted by molar-refractivity contribution is 6.62. The first-order valence-corrected chi connectivity index (χ1v) is 7.24. The van der Waals surface area contributed by atoms with E-state index in [1.807, 2.05) is 27.7 Å². The van der Waals surface area contributed by atoms with Crippen LogP contribution in [-0.2, 0) is 9.31 Å². The fourth-order valence-corrected chi connectivity index (χ4v) is 2.33. The zero-order chi connectivity index (χ0) is 16.1. The first-order chi connectivity index (χ1) is 10.2. The van der Waals surface area contributed by atoms with Crippen LogP contribution in [0.15, 0.2) is 24.5 Å². The highest BCUT2D eigenvalue weighted by Gasteiger charge is 2.52. The molecule has 0 atom stereocenters. The molecule has 2 aromatic rings. The molecule has 116 valence electrons. The topological polar surface area (TPSA) is 49.2 Å². The van der Waals surface area contributed by atoms with E-state index in [0.29, 0.717) is 17.0 Å². The fraction of sp³-hybridized carbons (Fsp3) is 0.467. The van der Waals surface area contributed by atoms with Gasteiger partial charge in [-0.1, -0.05) is 12.1 Å².